The fraction of sp³-hybridized carbons (Fsp3) is 0.286. The van der Waals surface area contributed by atoms with Crippen LogP contribution < -0.4 is 10.1 Å². The Morgan fingerprint density at radius 2 is 1.94 bits per heavy atom. The summed E-state index contributed by atoms with van der Waals surface area (Å²) in [7, 11) is 1.67. The lowest BCUT2D eigenvalue weighted by molar-refractivity contribution is 0.416. The molecule has 0 fully saturated rings. The van der Waals surface area contributed by atoms with Crippen molar-refractivity contribution in [2.75, 3.05) is 18.7 Å². The third-order valence-corrected chi connectivity index (χ3v) is 3.14. The number of benzene rings is 1. The van der Waals surface area contributed by atoms with Gasteiger partial charge in [0, 0.05) is 0 Å². The second kappa shape index (κ2) is 6.40. The molecule has 18 heavy (non-hydrogen) atoms. The molecule has 96 valence electrons. The van der Waals surface area contributed by atoms with Gasteiger partial charge in [0.25, 0.3) is 0 Å². The molecule has 1 N–H and O–H groups in total. The number of hydrogen-bond donors (Lipinski definition) is 1. The smallest absolute Gasteiger partial charge is 0.141 e. The topological polar surface area (TPSA) is 34.4 Å². The number of thioether (sulfide) groups is 1. The average molecular weight is 263 g/mol. The number of para-hydroxylation sites is 2. The van der Waals surface area contributed by atoms with Crippen molar-refractivity contribution < 1.29 is 9.15 Å². The Bertz CT molecular complexity index is 496. The number of ether oxygens (including phenoxy) is 1. The lowest BCUT2D eigenvalue weighted by Gasteiger charge is -2.09. The van der Waals surface area contributed by atoms with E-state index in [0.717, 1.165) is 28.7 Å². The van der Waals surface area contributed by atoms with Gasteiger partial charge in [0.15, 0.2) is 0 Å². The number of furan rings is 1. The molecule has 1 aromatic heterocycles. The molecule has 3 nitrogen and oxygen atoms in total. The number of hydrogen-bond acceptors (Lipinski definition) is 4. The van der Waals surface area contributed by atoms with Gasteiger partial charge in [-0.1, -0.05) is 12.1 Å². The van der Waals surface area contributed by atoms with E-state index in [1.165, 1.54) is 0 Å². The normalized spacial score (nSPS) is 10.3. The van der Waals surface area contributed by atoms with Gasteiger partial charge < -0.3 is 14.5 Å². The van der Waals surface area contributed by atoms with E-state index in [1.807, 2.05) is 36.4 Å². The van der Waals surface area contributed by atoms with Crippen molar-refractivity contribution in [2.24, 2.45) is 0 Å². The zero-order chi connectivity index (χ0) is 12.8. The Morgan fingerprint density at radius 1 is 1.17 bits per heavy atom. The fourth-order valence-corrected chi connectivity index (χ4v) is 2.15. The van der Waals surface area contributed by atoms with Crippen LogP contribution in [0.4, 0.5) is 5.69 Å². The van der Waals surface area contributed by atoms with Gasteiger partial charge in [-0.15, -0.1) is 0 Å². The summed E-state index contributed by atoms with van der Waals surface area (Å²) in [5, 5.41) is 3.31. The summed E-state index contributed by atoms with van der Waals surface area (Å²) in [4.78, 5) is 0. The fourth-order valence-electron chi connectivity index (χ4n) is 1.71. The van der Waals surface area contributed by atoms with Crippen molar-refractivity contribution in [1.82, 2.24) is 0 Å². The molecule has 4 heteroatoms. The minimum absolute atomic E-state index is 0.661. The zero-order valence-corrected chi connectivity index (χ0v) is 11.4. The highest BCUT2D eigenvalue weighted by Gasteiger charge is 2.04. The molecule has 0 radical (unpaired) electrons. The van der Waals surface area contributed by atoms with Gasteiger partial charge >= 0.3 is 0 Å². The Balaban J connectivity index is 1.97. The maximum absolute atomic E-state index is 5.70. The van der Waals surface area contributed by atoms with Crippen molar-refractivity contribution in [2.45, 2.75) is 12.3 Å². The summed E-state index contributed by atoms with van der Waals surface area (Å²) in [6, 6.07) is 11.9. The van der Waals surface area contributed by atoms with Crippen LogP contribution in [-0.2, 0) is 12.3 Å². The predicted molar refractivity (Wildman–Crippen MR) is 76.2 cm³/mol. The van der Waals surface area contributed by atoms with Crippen molar-refractivity contribution in [1.29, 1.82) is 0 Å². The van der Waals surface area contributed by atoms with Crippen LogP contribution in [0.5, 0.6) is 5.75 Å². The molecule has 0 aliphatic rings. The average Bonchev–Trinajstić information content (AvgIpc) is 2.85. The summed E-state index contributed by atoms with van der Waals surface area (Å²) in [6.45, 7) is 0.661. The van der Waals surface area contributed by atoms with Crippen molar-refractivity contribution >= 4 is 17.4 Å². The Hall–Kier alpha value is -1.55. The molecular formula is C14H17NO2S. The van der Waals surface area contributed by atoms with E-state index >= 15 is 0 Å². The highest BCUT2D eigenvalue weighted by Crippen LogP contribution is 2.24. The van der Waals surface area contributed by atoms with Gasteiger partial charge in [-0.3, -0.25) is 0 Å². The van der Waals surface area contributed by atoms with Gasteiger partial charge in [0.1, 0.15) is 17.3 Å². The molecule has 2 aromatic rings. The minimum Gasteiger partial charge on any atom is -0.495 e. The standard InChI is InChI=1S/C14H17NO2S/c1-16-14-6-4-3-5-13(14)15-9-11-7-8-12(17-11)10-18-2/h3-8,15H,9-10H2,1-2H3. The first-order valence-corrected chi connectivity index (χ1v) is 7.16. The largest absolute Gasteiger partial charge is 0.495 e. The summed E-state index contributed by atoms with van der Waals surface area (Å²) >= 11 is 1.75. The number of methoxy groups -OCH3 is 1. The maximum atomic E-state index is 5.70. The molecule has 0 saturated heterocycles. The first-order chi connectivity index (χ1) is 8.83. The first-order valence-electron chi connectivity index (χ1n) is 5.77. The minimum atomic E-state index is 0.661. The summed E-state index contributed by atoms with van der Waals surface area (Å²) in [5.41, 5.74) is 0.975. The van der Waals surface area contributed by atoms with Gasteiger partial charge in [-0.05, 0) is 30.5 Å². The van der Waals surface area contributed by atoms with Gasteiger partial charge in [0.2, 0.25) is 0 Å². The molecule has 2 rings (SSSR count). The lowest BCUT2D eigenvalue weighted by atomic mass is 10.3. The third kappa shape index (κ3) is 3.23. The van der Waals surface area contributed by atoms with Gasteiger partial charge in [-0.2, -0.15) is 11.8 Å². The summed E-state index contributed by atoms with van der Waals surface area (Å²) < 4.78 is 11.0. The van der Waals surface area contributed by atoms with Crippen LogP contribution in [0, 0.1) is 0 Å². The van der Waals surface area contributed by atoms with Crippen LogP contribution in [-0.4, -0.2) is 13.4 Å². The van der Waals surface area contributed by atoms with Crippen LogP contribution in [0.2, 0.25) is 0 Å². The number of rotatable bonds is 6. The zero-order valence-electron chi connectivity index (χ0n) is 10.6. The molecule has 0 saturated carbocycles. The highest BCUT2D eigenvalue weighted by molar-refractivity contribution is 7.97. The van der Waals surface area contributed by atoms with E-state index in [9.17, 15) is 0 Å². The number of nitrogens with one attached hydrogen (secondary N) is 1. The van der Waals surface area contributed by atoms with Crippen molar-refractivity contribution in [3.8, 4) is 5.75 Å². The highest BCUT2D eigenvalue weighted by atomic mass is 32.2. The monoisotopic (exact) mass is 263 g/mol. The SMILES string of the molecule is COc1ccccc1NCc1ccc(CSC)o1. The van der Waals surface area contributed by atoms with E-state index in [2.05, 4.69) is 11.6 Å². The van der Waals surface area contributed by atoms with E-state index in [-0.39, 0.29) is 0 Å². The molecule has 0 bridgehead atoms. The molecule has 0 unspecified atom stereocenters. The van der Waals surface area contributed by atoms with Crippen molar-refractivity contribution in [3.63, 3.8) is 0 Å². The van der Waals surface area contributed by atoms with Crippen LogP contribution in [0.25, 0.3) is 0 Å². The molecule has 0 spiro atoms. The summed E-state index contributed by atoms with van der Waals surface area (Å²) in [6.07, 6.45) is 2.06. The van der Waals surface area contributed by atoms with Crippen LogP contribution in [0.3, 0.4) is 0 Å². The molecule has 1 aromatic carbocycles. The Labute approximate surface area is 112 Å². The van der Waals surface area contributed by atoms with E-state index in [1.54, 1.807) is 18.9 Å². The molecule has 1 heterocycles. The predicted octanol–water partition coefficient (Wildman–Crippen LogP) is 3.76. The van der Waals surface area contributed by atoms with Crippen LogP contribution in [0.1, 0.15) is 11.5 Å². The molecule has 0 amide bonds. The first kappa shape index (κ1) is 12.9. The van der Waals surface area contributed by atoms with E-state index < -0.39 is 0 Å². The molecule has 0 atom stereocenters. The van der Waals surface area contributed by atoms with E-state index in [0.29, 0.717) is 6.54 Å². The van der Waals surface area contributed by atoms with Crippen molar-refractivity contribution in [3.05, 3.63) is 47.9 Å². The quantitative estimate of drug-likeness (QED) is 0.860. The van der Waals surface area contributed by atoms with Gasteiger partial charge in [0.05, 0.1) is 25.1 Å². The lowest BCUT2D eigenvalue weighted by Crippen LogP contribution is -2.00. The number of anilines is 1. The van der Waals surface area contributed by atoms with E-state index in [4.69, 9.17) is 9.15 Å². The second-order valence-corrected chi connectivity index (χ2v) is 4.72. The van der Waals surface area contributed by atoms with Crippen LogP contribution >= 0.6 is 11.8 Å². The maximum Gasteiger partial charge on any atom is 0.141 e. The molecular weight excluding hydrogens is 246 g/mol. The second-order valence-electron chi connectivity index (χ2n) is 3.85. The van der Waals surface area contributed by atoms with Gasteiger partial charge in [-0.25, -0.2) is 0 Å². The Kier molecular flexibility index (Phi) is 4.59. The van der Waals surface area contributed by atoms with Crippen LogP contribution in [0.15, 0.2) is 40.8 Å². The third-order valence-electron chi connectivity index (χ3n) is 2.56. The Morgan fingerprint density at radius 3 is 2.72 bits per heavy atom. The molecule has 0 aliphatic heterocycles. The summed E-state index contributed by atoms with van der Waals surface area (Å²) in [5.74, 6) is 3.70. The molecule has 0 aliphatic carbocycles.